The zero-order valence-electron chi connectivity index (χ0n) is 19.4. The summed E-state index contributed by atoms with van der Waals surface area (Å²) in [6, 6.07) is 15.3. The first-order valence-corrected chi connectivity index (χ1v) is 14.0. The van der Waals surface area contributed by atoms with Gasteiger partial charge < -0.3 is 4.90 Å². The van der Waals surface area contributed by atoms with Crippen LogP contribution in [-0.4, -0.2) is 52.0 Å². The standard InChI is InChI=1S/C23H24F3N5O4S2/c24-23(25,26)36(32,33)21-8-6-20(7-9-21)31-13-12-30(17-31)16-19-10-11-27-15-22(19)29-37(34,35)28-14-18-4-2-1-3-5-18/h1-11,15,28-29H,12-14,16-17H2. The van der Waals surface area contributed by atoms with Gasteiger partial charge in [-0.15, -0.1) is 0 Å². The molecule has 1 aliphatic heterocycles. The van der Waals surface area contributed by atoms with Crippen molar-refractivity contribution in [3.63, 3.8) is 0 Å². The number of rotatable bonds is 9. The van der Waals surface area contributed by atoms with Crippen LogP contribution < -0.4 is 14.3 Å². The minimum atomic E-state index is -5.40. The topological polar surface area (TPSA) is 112 Å². The van der Waals surface area contributed by atoms with Crippen molar-refractivity contribution in [2.45, 2.75) is 23.5 Å². The maximum atomic E-state index is 12.8. The smallest absolute Gasteiger partial charge is 0.357 e. The number of alkyl halides is 3. The number of nitrogens with zero attached hydrogens (tertiary/aromatic N) is 3. The molecule has 4 rings (SSSR count). The van der Waals surface area contributed by atoms with Gasteiger partial charge in [-0.25, -0.2) is 8.42 Å². The van der Waals surface area contributed by atoms with E-state index >= 15 is 0 Å². The lowest BCUT2D eigenvalue weighted by molar-refractivity contribution is -0.0436. The van der Waals surface area contributed by atoms with Gasteiger partial charge in [0, 0.05) is 38.1 Å². The summed E-state index contributed by atoms with van der Waals surface area (Å²) in [6.45, 7) is 2.07. The predicted octanol–water partition coefficient (Wildman–Crippen LogP) is 3.10. The summed E-state index contributed by atoms with van der Waals surface area (Å²) in [6.07, 6.45) is 2.98. The molecule has 0 atom stereocenters. The maximum absolute atomic E-state index is 12.8. The summed E-state index contributed by atoms with van der Waals surface area (Å²) < 4.78 is 91.7. The first-order valence-electron chi connectivity index (χ1n) is 11.1. The van der Waals surface area contributed by atoms with Crippen LogP contribution in [0.4, 0.5) is 24.5 Å². The molecule has 1 fully saturated rings. The minimum Gasteiger partial charge on any atom is -0.357 e. The Kier molecular flexibility index (Phi) is 7.73. The Morgan fingerprint density at radius 1 is 0.919 bits per heavy atom. The number of benzene rings is 2. The lowest BCUT2D eigenvalue weighted by atomic mass is 10.2. The summed E-state index contributed by atoms with van der Waals surface area (Å²) in [4.78, 5) is 7.11. The van der Waals surface area contributed by atoms with Crippen LogP contribution in [0.1, 0.15) is 11.1 Å². The van der Waals surface area contributed by atoms with Gasteiger partial charge in [0.15, 0.2) is 0 Å². The van der Waals surface area contributed by atoms with E-state index in [1.807, 2.05) is 28.0 Å². The average molecular weight is 556 g/mol. The number of pyridine rings is 1. The lowest BCUT2D eigenvalue weighted by Gasteiger charge is -2.21. The fourth-order valence-corrected chi connectivity index (χ4v) is 5.47. The molecule has 0 spiro atoms. The van der Waals surface area contributed by atoms with E-state index in [0.29, 0.717) is 43.2 Å². The summed E-state index contributed by atoms with van der Waals surface area (Å²) in [5, 5.41) is 0. The third-order valence-electron chi connectivity index (χ3n) is 5.73. The molecule has 198 valence electrons. The Balaban J connectivity index is 1.39. The van der Waals surface area contributed by atoms with Crippen LogP contribution in [0.25, 0.3) is 0 Å². The van der Waals surface area contributed by atoms with Gasteiger partial charge in [-0.2, -0.15) is 26.3 Å². The number of halogens is 3. The monoisotopic (exact) mass is 555 g/mol. The SMILES string of the molecule is O=S(=O)(NCc1ccccc1)Nc1cnccc1CN1CCN(c2ccc(S(=O)(=O)C(F)(F)F)cc2)C1. The predicted molar refractivity (Wildman–Crippen MR) is 132 cm³/mol. The van der Waals surface area contributed by atoms with E-state index in [1.54, 1.807) is 24.4 Å². The molecule has 0 aliphatic carbocycles. The van der Waals surface area contributed by atoms with Gasteiger partial charge in [0.25, 0.3) is 20.0 Å². The van der Waals surface area contributed by atoms with Crippen molar-refractivity contribution in [2.75, 3.05) is 29.4 Å². The second-order valence-electron chi connectivity index (χ2n) is 8.35. The normalized spacial score (nSPS) is 15.2. The van der Waals surface area contributed by atoms with Gasteiger partial charge in [0.2, 0.25) is 0 Å². The van der Waals surface area contributed by atoms with Crippen LogP contribution in [0.3, 0.4) is 0 Å². The van der Waals surface area contributed by atoms with Crippen LogP contribution in [0.15, 0.2) is 78.0 Å². The molecule has 0 unspecified atom stereocenters. The number of hydrogen-bond acceptors (Lipinski definition) is 7. The number of sulfone groups is 1. The molecule has 2 heterocycles. The van der Waals surface area contributed by atoms with Crippen LogP contribution in [0.2, 0.25) is 0 Å². The van der Waals surface area contributed by atoms with Crippen molar-refractivity contribution in [1.29, 1.82) is 0 Å². The molecule has 3 aromatic rings. The van der Waals surface area contributed by atoms with Crippen LogP contribution in [-0.2, 0) is 33.1 Å². The van der Waals surface area contributed by atoms with Crippen LogP contribution >= 0.6 is 0 Å². The van der Waals surface area contributed by atoms with Crippen LogP contribution in [0, 0.1) is 0 Å². The molecule has 1 aliphatic rings. The van der Waals surface area contributed by atoms with Gasteiger partial charge in [0.1, 0.15) is 0 Å². The Morgan fingerprint density at radius 3 is 2.30 bits per heavy atom. The Bertz CT molecular complexity index is 1440. The fourth-order valence-electron chi connectivity index (χ4n) is 3.80. The van der Waals surface area contributed by atoms with Gasteiger partial charge >= 0.3 is 5.51 Å². The third kappa shape index (κ3) is 6.57. The molecule has 2 aromatic carbocycles. The molecule has 0 bridgehead atoms. The van der Waals surface area contributed by atoms with E-state index in [2.05, 4.69) is 14.4 Å². The molecular weight excluding hydrogens is 531 g/mol. The zero-order chi connectivity index (χ0) is 26.7. The quantitative estimate of drug-likeness (QED) is 0.417. The van der Waals surface area contributed by atoms with E-state index in [0.717, 1.165) is 17.7 Å². The van der Waals surface area contributed by atoms with E-state index in [1.165, 1.54) is 18.3 Å². The molecule has 0 radical (unpaired) electrons. The van der Waals surface area contributed by atoms with E-state index in [-0.39, 0.29) is 6.54 Å². The van der Waals surface area contributed by atoms with Gasteiger partial charge in [-0.05, 0) is 41.5 Å². The molecule has 1 aromatic heterocycles. The highest BCUT2D eigenvalue weighted by Crippen LogP contribution is 2.31. The maximum Gasteiger partial charge on any atom is 0.501 e. The van der Waals surface area contributed by atoms with Crippen molar-refractivity contribution in [1.82, 2.24) is 14.6 Å². The van der Waals surface area contributed by atoms with Crippen LogP contribution in [0.5, 0.6) is 0 Å². The van der Waals surface area contributed by atoms with Gasteiger partial charge in [-0.3, -0.25) is 14.6 Å². The number of nitrogens with one attached hydrogen (secondary N) is 2. The lowest BCUT2D eigenvalue weighted by Crippen LogP contribution is -2.31. The van der Waals surface area contributed by atoms with Crippen molar-refractivity contribution < 1.29 is 30.0 Å². The highest BCUT2D eigenvalue weighted by atomic mass is 32.2. The highest BCUT2D eigenvalue weighted by molar-refractivity contribution is 7.92. The second-order valence-corrected chi connectivity index (χ2v) is 11.8. The van der Waals surface area contributed by atoms with Gasteiger partial charge in [0.05, 0.1) is 23.4 Å². The van der Waals surface area contributed by atoms with E-state index < -0.39 is 30.5 Å². The molecule has 0 saturated carbocycles. The first kappa shape index (κ1) is 26.9. The summed E-state index contributed by atoms with van der Waals surface area (Å²) in [7, 11) is -9.27. The largest absolute Gasteiger partial charge is 0.501 e. The molecular formula is C23H24F3N5O4S2. The number of anilines is 2. The first-order chi connectivity index (χ1) is 17.4. The number of hydrogen-bond donors (Lipinski definition) is 2. The molecule has 37 heavy (non-hydrogen) atoms. The molecule has 14 heteroatoms. The van der Waals surface area contributed by atoms with Crippen molar-refractivity contribution >= 4 is 31.4 Å². The molecule has 0 amide bonds. The Hall–Kier alpha value is -3.20. The second kappa shape index (κ2) is 10.7. The Morgan fingerprint density at radius 2 is 1.62 bits per heavy atom. The van der Waals surface area contributed by atoms with E-state index in [9.17, 15) is 30.0 Å². The third-order valence-corrected chi connectivity index (χ3v) is 8.25. The average Bonchev–Trinajstić information content (AvgIpc) is 3.32. The van der Waals surface area contributed by atoms with E-state index in [4.69, 9.17) is 0 Å². The molecule has 1 saturated heterocycles. The van der Waals surface area contributed by atoms with Crippen molar-refractivity contribution in [3.8, 4) is 0 Å². The summed E-state index contributed by atoms with van der Waals surface area (Å²) in [5.74, 6) is 0. The summed E-state index contributed by atoms with van der Waals surface area (Å²) >= 11 is 0. The fraction of sp³-hybridized carbons (Fsp3) is 0.261. The minimum absolute atomic E-state index is 0.121. The Labute approximate surface area is 213 Å². The summed E-state index contributed by atoms with van der Waals surface area (Å²) in [5.41, 5.74) is -2.97. The number of aromatic nitrogens is 1. The van der Waals surface area contributed by atoms with Crippen molar-refractivity contribution in [2.24, 2.45) is 0 Å². The zero-order valence-corrected chi connectivity index (χ0v) is 21.0. The molecule has 9 nitrogen and oxygen atoms in total. The van der Waals surface area contributed by atoms with Gasteiger partial charge in [-0.1, -0.05) is 30.3 Å². The van der Waals surface area contributed by atoms with Crippen molar-refractivity contribution in [3.05, 3.63) is 84.2 Å². The molecule has 2 N–H and O–H groups in total. The highest BCUT2D eigenvalue weighted by Gasteiger charge is 2.46.